The Bertz CT molecular complexity index is 976. The monoisotopic (exact) mass is 377 g/mol. The van der Waals surface area contributed by atoms with Gasteiger partial charge >= 0.3 is 0 Å². The molecule has 0 bridgehead atoms. The summed E-state index contributed by atoms with van der Waals surface area (Å²) < 4.78 is 10.9. The number of carbonyl (C=O) groups excluding carboxylic acids is 1. The van der Waals surface area contributed by atoms with Crippen LogP contribution in [0, 0.1) is 0 Å². The first-order valence-electron chi connectivity index (χ1n) is 9.84. The highest BCUT2D eigenvalue weighted by molar-refractivity contribution is 5.95. The molecule has 0 radical (unpaired) electrons. The number of ether oxygens (including phenoxy) is 1. The number of aromatic nitrogens is 1. The highest BCUT2D eigenvalue weighted by Crippen LogP contribution is 2.24. The van der Waals surface area contributed by atoms with Gasteiger partial charge < -0.3 is 14.5 Å². The molecule has 2 aliphatic heterocycles. The zero-order valence-electron chi connectivity index (χ0n) is 15.6. The van der Waals surface area contributed by atoms with Crippen molar-refractivity contribution in [1.82, 2.24) is 15.2 Å². The highest BCUT2D eigenvalue weighted by atomic mass is 16.5. The Labute approximate surface area is 163 Å². The molecule has 0 aliphatic carbocycles. The van der Waals surface area contributed by atoms with Gasteiger partial charge in [0.25, 0.3) is 5.91 Å². The highest BCUT2D eigenvalue weighted by Gasteiger charge is 2.35. The van der Waals surface area contributed by atoms with Crippen molar-refractivity contribution in [2.75, 3.05) is 26.3 Å². The fraction of sp³-hybridized carbons (Fsp3) is 0.364. The predicted molar refractivity (Wildman–Crippen MR) is 106 cm³/mol. The van der Waals surface area contributed by atoms with Crippen molar-refractivity contribution < 1.29 is 13.9 Å². The molecule has 2 aromatic carbocycles. The molecule has 5 rings (SSSR count). The average molecular weight is 377 g/mol. The second-order valence-corrected chi connectivity index (χ2v) is 7.54. The number of hydrogen-bond donors (Lipinski definition) is 1. The summed E-state index contributed by atoms with van der Waals surface area (Å²) in [5, 5.41) is 3.17. The third-order valence-electron chi connectivity index (χ3n) is 5.79. The number of oxazole rings is 1. The van der Waals surface area contributed by atoms with Crippen molar-refractivity contribution in [2.45, 2.75) is 24.9 Å². The standard InChI is InChI=1S/C22H23N3O3/c26-22(24-19-12-27-13-20(19)25-9-1-2-10-25)16-5-3-15(4-6-16)17-7-8-21-18(11-17)23-14-28-21/h3-8,11,14,19-20H,1-2,9-10,12-13H2,(H,24,26). The van der Waals surface area contributed by atoms with Crippen LogP contribution in [0.4, 0.5) is 0 Å². The number of nitrogens with zero attached hydrogens (tertiary/aromatic N) is 2. The lowest BCUT2D eigenvalue weighted by atomic mass is 10.0. The maximum absolute atomic E-state index is 12.7. The fourth-order valence-corrected chi connectivity index (χ4v) is 4.22. The minimum absolute atomic E-state index is 0.0433. The van der Waals surface area contributed by atoms with Crippen molar-refractivity contribution in [2.24, 2.45) is 0 Å². The van der Waals surface area contributed by atoms with Gasteiger partial charge in [0.05, 0.1) is 25.3 Å². The summed E-state index contributed by atoms with van der Waals surface area (Å²) in [6.07, 6.45) is 3.92. The van der Waals surface area contributed by atoms with Gasteiger partial charge in [0.2, 0.25) is 0 Å². The smallest absolute Gasteiger partial charge is 0.251 e. The molecule has 2 unspecified atom stereocenters. The lowest BCUT2D eigenvalue weighted by Gasteiger charge is -2.27. The van der Waals surface area contributed by atoms with Crippen LogP contribution in [0.25, 0.3) is 22.2 Å². The second kappa shape index (κ2) is 7.37. The molecule has 1 amide bonds. The summed E-state index contributed by atoms with van der Waals surface area (Å²) in [6, 6.07) is 13.9. The summed E-state index contributed by atoms with van der Waals surface area (Å²) in [7, 11) is 0. The van der Waals surface area contributed by atoms with Crippen molar-refractivity contribution >= 4 is 17.0 Å². The Hall–Kier alpha value is -2.70. The summed E-state index contributed by atoms with van der Waals surface area (Å²) >= 11 is 0. The van der Waals surface area contributed by atoms with Gasteiger partial charge in [-0.1, -0.05) is 18.2 Å². The van der Waals surface area contributed by atoms with Crippen molar-refractivity contribution in [3.8, 4) is 11.1 Å². The fourth-order valence-electron chi connectivity index (χ4n) is 4.22. The maximum Gasteiger partial charge on any atom is 0.251 e. The van der Waals surface area contributed by atoms with Gasteiger partial charge in [-0.15, -0.1) is 0 Å². The number of rotatable bonds is 4. The quantitative estimate of drug-likeness (QED) is 0.757. The van der Waals surface area contributed by atoms with Crippen LogP contribution in [0.2, 0.25) is 0 Å². The Morgan fingerprint density at radius 3 is 2.64 bits per heavy atom. The van der Waals surface area contributed by atoms with E-state index in [-0.39, 0.29) is 11.9 Å². The van der Waals surface area contributed by atoms with Gasteiger partial charge in [0.1, 0.15) is 5.52 Å². The first kappa shape index (κ1) is 17.4. The third kappa shape index (κ3) is 3.30. The van der Waals surface area contributed by atoms with E-state index < -0.39 is 0 Å². The zero-order valence-corrected chi connectivity index (χ0v) is 15.6. The molecule has 2 aliphatic rings. The van der Waals surface area contributed by atoms with E-state index in [4.69, 9.17) is 9.15 Å². The van der Waals surface area contributed by atoms with Crippen molar-refractivity contribution in [1.29, 1.82) is 0 Å². The van der Waals surface area contributed by atoms with Gasteiger partial charge in [-0.05, 0) is 61.3 Å². The number of nitrogens with one attached hydrogen (secondary N) is 1. The van der Waals surface area contributed by atoms with Gasteiger partial charge in [-0.25, -0.2) is 4.98 Å². The predicted octanol–water partition coefficient (Wildman–Crippen LogP) is 3.09. The van der Waals surface area contributed by atoms with Crippen LogP contribution in [0.3, 0.4) is 0 Å². The Morgan fingerprint density at radius 2 is 1.82 bits per heavy atom. The zero-order chi connectivity index (χ0) is 18.9. The van der Waals surface area contributed by atoms with Gasteiger partial charge in [-0.2, -0.15) is 0 Å². The van der Waals surface area contributed by atoms with Crippen LogP contribution in [-0.4, -0.2) is 54.2 Å². The van der Waals surface area contributed by atoms with Gasteiger partial charge in [-0.3, -0.25) is 9.69 Å². The Kier molecular flexibility index (Phi) is 4.58. The van der Waals surface area contributed by atoms with E-state index >= 15 is 0 Å². The molecule has 6 nitrogen and oxygen atoms in total. The first-order valence-corrected chi connectivity index (χ1v) is 9.84. The normalized spacial score (nSPS) is 22.7. The van der Waals surface area contributed by atoms with E-state index in [0.29, 0.717) is 24.8 Å². The number of benzene rings is 2. The van der Waals surface area contributed by atoms with Crippen LogP contribution in [0.1, 0.15) is 23.2 Å². The molecular weight excluding hydrogens is 354 g/mol. The van der Waals surface area contributed by atoms with E-state index in [1.54, 1.807) is 0 Å². The molecule has 0 saturated carbocycles. The molecule has 2 fully saturated rings. The van der Waals surface area contributed by atoms with E-state index in [9.17, 15) is 4.79 Å². The molecule has 6 heteroatoms. The first-order chi connectivity index (χ1) is 13.8. The van der Waals surface area contributed by atoms with Crippen molar-refractivity contribution in [3.63, 3.8) is 0 Å². The molecule has 3 heterocycles. The van der Waals surface area contributed by atoms with Gasteiger partial charge in [0, 0.05) is 5.56 Å². The maximum atomic E-state index is 12.7. The van der Waals surface area contributed by atoms with E-state index in [2.05, 4.69) is 15.2 Å². The molecule has 0 spiro atoms. The molecule has 1 N–H and O–H groups in total. The SMILES string of the molecule is O=C(NC1COCC1N1CCCC1)c1ccc(-c2ccc3ocnc3c2)cc1. The van der Waals surface area contributed by atoms with Gasteiger partial charge in [0.15, 0.2) is 12.0 Å². The second-order valence-electron chi connectivity index (χ2n) is 7.54. The summed E-state index contributed by atoms with van der Waals surface area (Å²) in [4.78, 5) is 19.4. The molecule has 2 atom stereocenters. The third-order valence-corrected chi connectivity index (χ3v) is 5.79. The summed E-state index contributed by atoms with van der Waals surface area (Å²) in [6.45, 7) is 3.49. The van der Waals surface area contributed by atoms with E-state index in [0.717, 1.165) is 35.3 Å². The largest absolute Gasteiger partial charge is 0.443 e. The minimum Gasteiger partial charge on any atom is -0.443 e. The van der Waals surface area contributed by atoms with Crippen LogP contribution >= 0.6 is 0 Å². The lowest BCUT2D eigenvalue weighted by molar-refractivity contribution is 0.0916. The number of amides is 1. The number of hydrogen-bond acceptors (Lipinski definition) is 5. The van der Waals surface area contributed by atoms with Crippen LogP contribution in [0.5, 0.6) is 0 Å². The molecule has 3 aromatic rings. The minimum atomic E-state index is -0.0433. The molecule has 144 valence electrons. The van der Waals surface area contributed by atoms with E-state index in [1.807, 2.05) is 42.5 Å². The average Bonchev–Trinajstić information content (AvgIpc) is 3.48. The molecule has 1 aromatic heterocycles. The van der Waals surface area contributed by atoms with Crippen molar-refractivity contribution in [3.05, 3.63) is 54.4 Å². The van der Waals surface area contributed by atoms with Crippen LogP contribution < -0.4 is 5.32 Å². The molecular formula is C22H23N3O3. The van der Waals surface area contributed by atoms with Crippen LogP contribution in [0.15, 0.2) is 53.3 Å². The Balaban J connectivity index is 1.29. The molecule has 28 heavy (non-hydrogen) atoms. The lowest BCUT2D eigenvalue weighted by Crippen LogP contribution is -2.50. The van der Waals surface area contributed by atoms with Crippen LogP contribution in [-0.2, 0) is 4.74 Å². The topological polar surface area (TPSA) is 67.6 Å². The van der Waals surface area contributed by atoms with E-state index in [1.165, 1.54) is 19.2 Å². The number of likely N-dealkylation sites (tertiary alicyclic amines) is 1. The Morgan fingerprint density at radius 1 is 1.04 bits per heavy atom. The number of fused-ring (bicyclic) bond motifs is 1. The summed E-state index contributed by atoms with van der Waals surface area (Å²) in [5.41, 5.74) is 4.35. The summed E-state index contributed by atoms with van der Waals surface area (Å²) in [5.74, 6) is -0.0433. The number of carbonyl (C=O) groups is 1. The molecule has 2 saturated heterocycles.